The second-order valence-electron chi connectivity index (χ2n) is 4.39. The fraction of sp³-hybridized carbons (Fsp3) is 0.231. The van der Waals surface area contributed by atoms with Gasteiger partial charge in [0.2, 0.25) is 0 Å². The summed E-state index contributed by atoms with van der Waals surface area (Å²) in [5.74, 6) is -0.643. The van der Waals surface area contributed by atoms with Crippen LogP contribution in [0.25, 0.3) is 6.08 Å². The molecule has 0 unspecified atom stereocenters. The summed E-state index contributed by atoms with van der Waals surface area (Å²) in [4.78, 5) is 17.3. The molecule has 0 bridgehead atoms. The number of benzene rings is 1. The summed E-state index contributed by atoms with van der Waals surface area (Å²) in [6, 6.07) is 5.67. The highest BCUT2D eigenvalue weighted by Crippen LogP contribution is 2.30. The lowest BCUT2D eigenvalue weighted by Gasteiger charge is -2.13. The quantitative estimate of drug-likeness (QED) is 0.829. The van der Waals surface area contributed by atoms with Crippen LogP contribution >= 0.6 is 0 Å². The minimum absolute atomic E-state index is 0.168. The molecule has 0 amide bonds. The molecule has 5 nitrogen and oxygen atoms in total. The first-order valence-electron chi connectivity index (χ1n) is 5.55. The van der Waals surface area contributed by atoms with Crippen molar-refractivity contribution in [2.45, 2.75) is 6.42 Å². The van der Waals surface area contributed by atoms with Gasteiger partial charge in [-0.25, -0.2) is 9.79 Å². The van der Waals surface area contributed by atoms with Gasteiger partial charge in [-0.3, -0.25) is 0 Å². The number of nitrogens with two attached hydrogens (primary N) is 1. The highest BCUT2D eigenvalue weighted by Gasteiger charge is 2.15. The Hall–Kier alpha value is -2.30. The van der Waals surface area contributed by atoms with Crippen molar-refractivity contribution in [1.29, 1.82) is 0 Å². The first-order valence-corrected chi connectivity index (χ1v) is 5.55. The van der Waals surface area contributed by atoms with Gasteiger partial charge < -0.3 is 15.7 Å². The molecule has 0 saturated carbocycles. The van der Waals surface area contributed by atoms with Gasteiger partial charge in [-0.2, -0.15) is 0 Å². The number of hydrogen-bond donors (Lipinski definition) is 2. The van der Waals surface area contributed by atoms with E-state index >= 15 is 0 Å². The molecule has 18 heavy (non-hydrogen) atoms. The lowest BCUT2D eigenvalue weighted by atomic mass is 10.1. The highest BCUT2D eigenvalue weighted by atomic mass is 16.4. The molecule has 94 valence electrons. The van der Waals surface area contributed by atoms with E-state index in [-0.39, 0.29) is 12.0 Å². The zero-order chi connectivity index (χ0) is 13.3. The predicted octanol–water partition coefficient (Wildman–Crippen LogP) is 1.61. The normalized spacial score (nSPS) is 14.1. The van der Waals surface area contributed by atoms with Crippen LogP contribution in [0.2, 0.25) is 0 Å². The van der Waals surface area contributed by atoms with E-state index in [4.69, 9.17) is 10.8 Å². The number of hydrogen-bond acceptors (Lipinski definition) is 4. The predicted molar refractivity (Wildman–Crippen MR) is 72.3 cm³/mol. The maximum Gasteiger partial charge on any atom is 0.332 e. The molecule has 0 saturated heterocycles. The van der Waals surface area contributed by atoms with Gasteiger partial charge in [-0.1, -0.05) is 6.07 Å². The van der Waals surface area contributed by atoms with Crippen LogP contribution in [-0.4, -0.2) is 31.0 Å². The molecule has 1 aliphatic heterocycles. The Kier molecular flexibility index (Phi) is 3.06. The van der Waals surface area contributed by atoms with Crippen molar-refractivity contribution in [3.05, 3.63) is 29.3 Å². The number of fused-ring (bicyclic) bond motifs is 1. The molecule has 1 aromatic carbocycles. The number of nitrogens with zero attached hydrogens (tertiary/aromatic N) is 2. The molecule has 0 radical (unpaired) electrons. The maximum atomic E-state index is 11.1. The molecule has 0 fully saturated rings. The Morgan fingerprint density at radius 2 is 2.17 bits per heavy atom. The van der Waals surface area contributed by atoms with E-state index in [9.17, 15) is 4.79 Å². The van der Waals surface area contributed by atoms with Gasteiger partial charge >= 0.3 is 5.97 Å². The number of amidine groups is 1. The second kappa shape index (κ2) is 4.52. The van der Waals surface area contributed by atoms with Crippen LogP contribution in [0.1, 0.15) is 12.0 Å². The molecule has 2 rings (SSSR count). The van der Waals surface area contributed by atoms with Crippen molar-refractivity contribution in [3.63, 3.8) is 0 Å². The van der Waals surface area contributed by atoms with Crippen LogP contribution in [0.3, 0.4) is 0 Å². The Labute approximate surface area is 105 Å². The van der Waals surface area contributed by atoms with Gasteiger partial charge in [0, 0.05) is 37.3 Å². The molecule has 0 aromatic heterocycles. The standard InChI is InChI=1S/C13H15N3O2/c1-16(2)10-4-3-8-5-9(13(17)18)6-12(14)15-11(8)7-10/h3-5,7H,6H2,1-2H3,(H2,14,15)(H,17,18). The summed E-state index contributed by atoms with van der Waals surface area (Å²) >= 11 is 0. The summed E-state index contributed by atoms with van der Waals surface area (Å²) in [5, 5.41) is 9.06. The summed E-state index contributed by atoms with van der Waals surface area (Å²) in [6.07, 6.45) is 1.79. The van der Waals surface area contributed by atoms with Crippen LogP contribution < -0.4 is 10.6 Å². The molecular weight excluding hydrogens is 230 g/mol. The lowest BCUT2D eigenvalue weighted by Crippen LogP contribution is -2.14. The molecule has 1 aromatic rings. The summed E-state index contributed by atoms with van der Waals surface area (Å²) in [5.41, 5.74) is 8.47. The first kappa shape index (κ1) is 12.2. The van der Waals surface area contributed by atoms with Crippen molar-refractivity contribution in [3.8, 4) is 0 Å². The van der Waals surface area contributed by atoms with Gasteiger partial charge in [0.25, 0.3) is 0 Å². The number of aliphatic carboxylic acids is 1. The van der Waals surface area contributed by atoms with Crippen LogP contribution in [0.4, 0.5) is 11.4 Å². The minimum Gasteiger partial charge on any atom is -0.478 e. The molecule has 1 aliphatic rings. The molecule has 0 atom stereocenters. The number of anilines is 1. The number of rotatable bonds is 2. The van der Waals surface area contributed by atoms with E-state index in [2.05, 4.69) is 4.99 Å². The Morgan fingerprint density at radius 3 is 2.78 bits per heavy atom. The van der Waals surface area contributed by atoms with Crippen LogP contribution in [0.15, 0.2) is 28.8 Å². The second-order valence-corrected chi connectivity index (χ2v) is 4.39. The fourth-order valence-electron chi connectivity index (χ4n) is 1.79. The smallest absolute Gasteiger partial charge is 0.332 e. The third-order valence-electron chi connectivity index (χ3n) is 2.77. The van der Waals surface area contributed by atoms with E-state index in [0.29, 0.717) is 11.5 Å². The van der Waals surface area contributed by atoms with Crippen molar-refractivity contribution in [1.82, 2.24) is 0 Å². The SMILES string of the molecule is CN(C)c1ccc2c(c1)N=C(N)CC(C(=O)O)=C2. The van der Waals surface area contributed by atoms with E-state index < -0.39 is 5.97 Å². The zero-order valence-electron chi connectivity index (χ0n) is 10.3. The van der Waals surface area contributed by atoms with Gasteiger partial charge in [0.05, 0.1) is 5.69 Å². The number of carboxylic acid groups (broad SMARTS) is 1. The van der Waals surface area contributed by atoms with Crippen molar-refractivity contribution in [2.75, 3.05) is 19.0 Å². The van der Waals surface area contributed by atoms with E-state index in [0.717, 1.165) is 11.3 Å². The van der Waals surface area contributed by atoms with E-state index in [1.807, 2.05) is 37.2 Å². The van der Waals surface area contributed by atoms with Crippen LogP contribution in [-0.2, 0) is 4.79 Å². The van der Waals surface area contributed by atoms with Crippen molar-refractivity contribution in [2.24, 2.45) is 10.7 Å². The Bertz CT molecular complexity index is 559. The largest absolute Gasteiger partial charge is 0.478 e. The molecule has 1 heterocycles. The lowest BCUT2D eigenvalue weighted by molar-refractivity contribution is -0.132. The highest BCUT2D eigenvalue weighted by molar-refractivity contribution is 6.02. The zero-order valence-corrected chi connectivity index (χ0v) is 10.3. The van der Waals surface area contributed by atoms with Crippen LogP contribution in [0, 0.1) is 0 Å². The van der Waals surface area contributed by atoms with Crippen molar-refractivity contribution < 1.29 is 9.90 Å². The molecule has 0 spiro atoms. The Morgan fingerprint density at radius 1 is 1.44 bits per heavy atom. The molecule has 0 aliphatic carbocycles. The van der Waals surface area contributed by atoms with Gasteiger partial charge in [-0.05, 0) is 18.2 Å². The molecule has 3 N–H and O–H groups in total. The van der Waals surface area contributed by atoms with Gasteiger partial charge in [0.15, 0.2) is 0 Å². The Balaban J connectivity index is 2.55. The molecular formula is C13H15N3O2. The summed E-state index contributed by atoms with van der Waals surface area (Å²) in [6.45, 7) is 0. The van der Waals surface area contributed by atoms with Crippen molar-refractivity contribution >= 4 is 29.3 Å². The fourth-order valence-corrected chi connectivity index (χ4v) is 1.79. The topological polar surface area (TPSA) is 78.9 Å². The number of carbonyl (C=O) groups is 1. The maximum absolute atomic E-state index is 11.1. The summed E-state index contributed by atoms with van der Waals surface area (Å²) in [7, 11) is 3.87. The average Bonchev–Trinajstić information content (AvgIpc) is 2.45. The van der Waals surface area contributed by atoms with Gasteiger partial charge in [-0.15, -0.1) is 0 Å². The average molecular weight is 245 g/mol. The summed E-state index contributed by atoms with van der Waals surface area (Å²) < 4.78 is 0. The van der Waals surface area contributed by atoms with Crippen LogP contribution in [0.5, 0.6) is 0 Å². The number of carboxylic acids is 1. The van der Waals surface area contributed by atoms with Gasteiger partial charge in [0.1, 0.15) is 5.84 Å². The minimum atomic E-state index is -0.960. The number of aliphatic imine (C=N–C) groups is 1. The monoisotopic (exact) mass is 245 g/mol. The first-order chi connectivity index (χ1) is 8.47. The van der Waals surface area contributed by atoms with E-state index in [1.165, 1.54) is 0 Å². The third-order valence-corrected chi connectivity index (χ3v) is 2.77. The third kappa shape index (κ3) is 2.34. The molecule has 5 heteroatoms. The van der Waals surface area contributed by atoms with E-state index in [1.54, 1.807) is 6.08 Å².